The minimum atomic E-state index is -2.78. The highest BCUT2D eigenvalue weighted by Crippen LogP contribution is 2.37. The SMILES string of the molecule is CSC1OC(CO[Si](c2ccccc2)(c2ccccc2)C(C)(C)C)C(O)C(O)C1O. The van der Waals surface area contributed by atoms with Gasteiger partial charge in [0.05, 0.1) is 6.61 Å². The van der Waals surface area contributed by atoms with Crippen molar-refractivity contribution in [1.29, 1.82) is 0 Å². The van der Waals surface area contributed by atoms with E-state index in [1.807, 2.05) is 36.4 Å². The van der Waals surface area contributed by atoms with Crippen LogP contribution in [0.25, 0.3) is 0 Å². The van der Waals surface area contributed by atoms with Gasteiger partial charge in [-0.1, -0.05) is 81.4 Å². The highest BCUT2D eigenvalue weighted by Gasteiger charge is 2.52. The molecule has 0 aliphatic carbocycles. The topological polar surface area (TPSA) is 79.2 Å². The Morgan fingerprint density at radius 1 is 0.867 bits per heavy atom. The minimum absolute atomic E-state index is 0.120. The van der Waals surface area contributed by atoms with Gasteiger partial charge < -0.3 is 24.5 Å². The van der Waals surface area contributed by atoms with Gasteiger partial charge in [0.15, 0.2) is 0 Å². The number of aliphatic hydroxyl groups is 3. The van der Waals surface area contributed by atoms with E-state index in [4.69, 9.17) is 9.16 Å². The van der Waals surface area contributed by atoms with Crippen LogP contribution >= 0.6 is 11.8 Å². The third kappa shape index (κ3) is 4.39. The van der Waals surface area contributed by atoms with Crippen LogP contribution in [0.15, 0.2) is 60.7 Å². The zero-order valence-corrected chi connectivity index (χ0v) is 19.8. The van der Waals surface area contributed by atoms with Crippen molar-refractivity contribution in [2.75, 3.05) is 12.9 Å². The van der Waals surface area contributed by atoms with Gasteiger partial charge in [0.2, 0.25) is 0 Å². The number of ether oxygens (including phenoxy) is 1. The van der Waals surface area contributed by atoms with Crippen molar-refractivity contribution in [1.82, 2.24) is 0 Å². The Bertz CT molecular complexity index is 757. The molecule has 30 heavy (non-hydrogen) atoms. The first-order valence-electron chi connectivity index (χ1n) is 10.2. The van der Waals surface area contributed by atoms with Gasteiger partial charge in [0.1, 0.15) is 29.9 Å². The van der Waals surface area contributed by atoms with Crippen LogP contribution in [0.1, 0.15) is 20.8 Å². The molecule has 1 fully saturated rings. The zero-order valence-electron chi connectivity index (χ0n) is 17.9. The van der Waals surface area contributed by atoms with Crippen molar-refractivity contribution in [3.05, 3.63) is 60.7 Å². The molecule has 0 aromatic heterocycles. The molecule has 0 bridgehead atoms. The molecule has 5 atom stereocenters. The predicted molar refractivity (Wildman–Crippen MR) is 124 cm³/mol. The molecule has 5 nitrogen and oxygen atoms in total. The van der Waals surface area contributed by atoms with Crippen molar-refractivity contribution >= 4 is 30.5 Å². The van der Waals surface area contributed by atoms with Crippen LogP contribution in [0, 0.1) is 0 Å². The molecule has 0 radical (unpaired) electrons. The summed E-state index contributed by atoms with van der Waals surface area (Å²) < 4.78 is 12.7. The molecule has 3 N–H and O–H groups in total. The highest BCUT2D eigenvalue weighted by atomic mass is 32.2. The van der Waals surface area contributed by atoms with Crippen LogP contribution in [-0.2, 0) is 9.16 Å². The average Bonchev–Trinajstić information content (AvgIpc) is 2.74. The molecule has 0 saturated carbocycles. The molecule has 3 rings (SSSR count). The van der Waals surface area contributed by atoms with E-state index < -0.39 is 38.2 Å². The van der Waals surface area contributed by atoms with Gasteiger partial charge in [0, 0.05) is 0 Å². The summed E-state index contributed by atoms with van der Waals surface area (Å²) in [6, 6.07) is 20.5. The zero-order chi connectivity index (χ0) is 21.9. The third-order valence-corrected chi connectivity index (χ3v) is 11.6. The van der Waals surface area contributed by atoms with E-state index in [0.717, 1.165) is 10.4 Å². The number of benzene rings is 2. The van der Waals surface area contributed by atoms with Gasteiger partial charge >= 0.3 is 0 Å². The summed E-state index contributed by atoms with van der Waals surface area (Å²) in [5.41, 5.74) is -0.615. The maximum absolute atomic E-state index is 10.6. The molecule has 1 saturated heterocycles. The van der Waals surface area contributed by atoms with Crippen LogP contribution in [0.3, 0.4) is 0 Å². The summed E-state index contributed by atoms with van der Waals surface area (Å²) >= 11 is 1.31. The van der Waals surface area contributed by atoms with E-state index in [0.29, 0.717) is 0 Å². The Kier molecular flexibility index (Phi) is 7.45. The fourth-order valence-electron chi connectivity index (χ4n) is 4.22. The van der Waals surface area contributed by atoms with Crippen molar-refractivity contribution in [2.45, 2.75) is 55.7 Å². The molecule has 2 aromatic rings. The minimum Gasteiger partial charge on any atom is -0.405 e. The quantitative estimate of drug-likeness (QED) is 0.584. The van der Waals surface area contributed by atoms with Gasteiger partial charge in [-0.2, -0.15) is 0 Å². The van der Waals surface area contributed by atoms with Crippen LogP contribution in [-0.4, -0.2) is 66.4 Å². The second kappa shape index (κ2) is 9.52. The molecule has 164 valence electrons. The molecular formula is C23H32O5SSi. The Labute approximate surface area is 184 Å². The molecule has 1 aliphatic heterocycles. The first-order valence-corrected chi connectivity index (χ1v) is 13.4. The summed E-state index contributed by atoms with van der Waals surface area (Å²) in [6.45, 7) is 6.66. The summed E-state index contributed by atoms with van der Waals surface area (Å²) in [4.78, 5) is 0. The molecular weight excluding hydrogens is 416 g/mol. The molecule has 1 heterocycles. The fourth-order valence-corrected chi connectivity index (χ4v) is 9.48. The highest BCUT2D eigenvalue weighted by molar-refractivity contribution is 7.99. The largest absolute Gasteiger partial charge is 0.405 e. The van der Waals surface area contributed by atoms with E-state index in [-0.39, 0.29) is 11.6 Å². The van der Waals surface area contributed by atoms with Crippen molar-refractivity contribution in [2.24, 2.45) is 0 Å². The first kappa shape index (κ1) is 23.5. The monoisotopic (exact) mass is 448 g/mol. The van der Waals surface area contributed by atoms with E-state index in [2.05, 4.69) is 45.0 Å². The van der Waals surface area contributed by atoms with E-state index in [9.17, 15) is 15.3 Å². The number of rotatable bonds is 6. The summed E-state index contributed by atoms with van der Waals surface area (Å²) in [7, 11) is -2.78. The Morgan fingerprint density at radius 3 is 1.80 bits per heavy atom. The van der Waals surface area contributed by atoms with Gasteiger partial charge in [0.25, 0.3) is 8.32 Å². The number of hydrogen-bond acceptors (Lipinski definition) is 6. The smallest absolute Gasteiger partial charge is 0.261 e. The molecule has 1 aliphatic rings. The molecule has 5 unspecified atom stereocenters. The predicted octanol–water partition coefficient (Wildman–Crippen LogP) is 1.73. The van der Waals surface area contributed by atoms with Crippen molar-refractivity contribution in [3.63, 3.8) is 0 Å². The maximum Gasteiger partial charge on any atom is 0.261 e. The van der Waals surface area contributed by atoms with Crippen LogP contribution < -0.4 is 10.4 Å². The van der Waals surface area contributed by atoms with Crippen LogP contribution in [0.5, 0.6) is 0 Å². The lowest BCUT2D eigenvalue weighted by Crippen LogP contribution is -2.68. The third-order valence-electron chi connectivity index (χ3n) is 5.78. The summed E-state index contributed by atoms with van der Waals surface area (Å²) in [6.07, 6.45) is -2.56. The van der Waals surface area contributed by atoms with Gasteiger partial charge in [-0.15, -0.1) is 11.8 Å². The van der Waals surface area contributed by atoms with Crippen LogP contribution in [0.4, 0.5) is 0 Å². The first-order chi connectivity index (χ1) is 14.2. The average molecular weight is 449 g/mol. The molecule has 2 aromatic carbocycles. The number of aliphatic hydroxyl groups excluding tert-OH is 3. The van der Waals surface area contributed by atoms with Crippen molar-refractivity contribution < 1.29 is 24.5 Å². The van der Waals surface area contributed by atoms with Gasteiger partial charge in [-0.3, -0.25) is 0 Å². The fraction of sp³-hybridized carbons (Fsp3) is 0.478. The van der Waals surface area contributed by atoms with E-state index in [1.54, 1.807) is 6.26 Å². The summed E-state index contributed by atoms with van der Waals surface area (Å²) in [5, 5.41) is 33.1. The second-order valence-electron chi connectivity index (χ2n) is 8.72. The lowest BCUT2D eigenvalue weighted by molar-refractivity contribution is -0.204. The van der Waals surface area contributed by atoms with E-state index in [1.165, 1.54) is 11.8 Å². The van der Waals surface area contributed by atoms with Crippen LogP contribution in [0.2, 0.25) is 5.04 Å². The van der Waals surface area contributed by atoms with Crippen molar-refractivity contribution in [3.8, 4) is 0 Å². The lowest BCUT2D eigenvalue weighted by Gasteiger charge is -2.45. The number of hydrogen-bond donors (Lipinski definition) is 3. The van der Waals surface area contributed by atoms with Gasteiger partial charge in [-0.05, 0) is 21.7 Å². The molecule has 7 heteroatoms. The Balaban J connectivity index is 2.00. The molecule has 0 amide bonds. The Hall–Kier alpha value is -1.19. The normalized spacial score (nSPS) is 27.8. The molecule has 0 spiro atoms. The lowest BCUT2D eigenvalue weighted by atomic mass is 10.0. The maximum atomic E-state index is 10.6. The number of thioether (sulfide) groups is 1. The van der Waals surface area contributed by atoms with E-state index >= 15 is 0 Å². The Morgan fingerprint density at radius 2 is 1.37 bits per heavy atom. The van der Waals surface area contributed by atoms with Gasteiger partial charge in [-0.25, -0.2) is 0 Å². The summed E-state index contributed by atoms with van der Waals surface area (Å²) in [5.74, 6) is 0. The standard InChI is InChI=1S/C23H32O5SSi/c1-23(2,3)30(16-11-7-5-8-12-16,17-13-9-6-10-14-17)27-15-18-19(24)20(25)21(26)22(28-18)29-4/h5-14,18-22,24-26H,15H2,1-4H3. The second-order valence-corrected chi connectivity index (χ2v) is 14.0.